The van der Waals surface area contributed by atoms with Crippen molar-refractivity contribution in [3.8, 4) is 11.5 Å². The van der Waals surface area contributed by atoms with E-state index in [2.05, 4.69) is 95.4 Å². The number of para-hydroxylation sites is 2. The molecule has 0 radical (unpaired) electrons. The fourth-order valence-electron chi connectivity index (χ4n) is 6.72. The molecule has 0 atom stereocenters. The van der Waals surface area contributed by atoms with Gasteiger partial charge in [-0.05, 0) is 70.2 Å². The van der Waals surface area contributed by atoms with Crippen LogP contribution in [0.5, 0.6) is 11.5 Å². The smallest absolute Gasteiger partial charge is 0.144 e. The Labute approximate surface area is 274 Å². The lowest BCUT2D eigenvalue weighted by molar-refractivity contribution is 0.334. The van der Waals surface area contributed by atoms with Gasteiger partial charge < -0.3 is 4.74 Å². The highest BCUT2D eigenvalue weighted by Crippen LogP contribution is 2.55. The van der Waals surface area contributed by atoms with Crippen molar-refractivity contribution in [2.45, 2.75) is 161 Å². The Morgan fingerprint density at radius 2 is 0.800 bits per heavy atom. The zero-order valence-corrected chi connectivity index (χ0v) is 30.0. The van der Waals surface area contributed by atoms with Crippen molar-refractivity contribution in [2.75, 3.05) is 0 Å². The summed E-state index contributed by atoms with van der Waals surface area (Å²) in [6, 6.07) is 13.7. The molecule has 0 aliphatic carbocycles. The minimum atomic E-state index is 0.0750. The van der Waals surface area contributed by atoms with E-state index in [-0.39, 0.29) is 5.41 Å². The molecule has 0 saturated heterocycles. The van der Waals surface area contributed by atoms with Crippen molar-refractivity contribution in [3.05, 3.63) is 54.7 Å². The van der Waals surface area contributed by atoms with Crippen molar-refractivity contribution in [3.63, 3.8) is 0 Å². The first-order valence-corrected chi connectivity index (χ1v) is 19.1. The number of halogens is 2. The molecule has 0 unspecified atom stereocenters. The summed E-state index contributed by atoms with van der Waals surface area (Å²) < 4.78 is 9.17. The third kappa shape index (κ3) is 10.5. The predicted octanol–water partition coefficient (Wildman–Crippen LogP) is 13.9. The molecule has 0 spiro atoms. The normalized spacial score (nSPS) is 13.6. The summed E-state index contributed by atoms with van der Waals surface area (Å²) in [4.78, 5) is 0. The van der Waals surface area contributed by atoms with E-state index < -0.39 is 0 Å². The van der Waals surface area contributed by atoms with Crippen molar-refractivity contribution >= 4 is 45.2 Å². The molecule has 0 N–H and O–H groups in total. The van der Waals surface area contributed by atoms with Gasteiger partial charge in [-0.25, -0.2) is 0 Å². The molecule has 0 bridgehead atoms. The summed E-state index contributed by atoms with van der Waals surface area (Å²) in [6.07, 6.45) is 30.3. The molecule has 1 aliphatic heterocycles. The number of hydrogen-bond acceptors (Lipinski definition) is 1. The SMILES string of the molecule is CCCCCCCCCCCCC1(CCCCCCCCCCCC)c2cccc(I)c2Oc2c(I)cccc21. The molecule has 3 rings (SSSR count). The lowest BCUT2D eigenvalue weighted by Crippen LogP contribution is -2.32. The summed E-state index contributed by atoms with van der Waals surface area (Å²) in [5, 5.41) is 0. The Hall–Kier alpha value is -0.300. The Morgan fingerprint density at radius 1 is 0.475 bits per heavy atom. The zero-order chi connectivity index (χ0) is 28.5. The van der Waals surface area contributed by atoms with Gasteiger partial charge in [0.25, 0.3) is 0 Å². The topological polar surface area (TPSA) is 9.23 Å². The summed E-state index contributed by atoms with van der Waals surface area (Å²) in [5.41, 5.74) is 2.97. The number of hydrogen-bond donors (Lipinski definition) is 0. The highest BCUT2D eigenvalue weighted by molar-refractivity contribution is 14.1. The van der Waals surface area contributed by atoms with E-state index in [9.17, 15) is 0 Å². The van der Waals surface area contributed by atoms with E-state index in [0.717, 1.165) is 11.5 Å². The largest absolute Gasteiger partial charge is 0.454 e. The first-order valence-electron chi connectivity index (χ1n) is 16.9. The second-order valence-electron chi connectivity index (χ2n) is 12.3. The van der Waals surface area contributed by atoms with Gasteiger partial charge in [-0.2, -0.15) is 0 Å². The van der Waals surface area contributed by atoms with Gasteiger partial charge in [0.1, 0.15) is 11.5 Å². The van der Waals surface area contributed by atoms with Gasteiger partial charge in [0, 0.05) is 16.5 Å². The van der Waals surface area contributed by atoms with Gasteiger partial charge in [-0.15, -0.1) is 0 Å². The fraction of sp³-hybridized carbons (Fsp3) is 0.676. The maximum Gasteiger partial charge on any atom is 0.144 e. The second kappa shape index (κ2) is 19.8. The van der Waals surface area contributed by atoms with Crippen LogP contribution in [0.3, 0.4) is 0 Å². The van der Waals surface area contributed by atoms with Gasteiger partial charge in [0.05, 0.1) is 7.14 Å². The summed E-state index contributed by atoms with van der Waals surface area (Å²) in [7, 11) is 0. The average Bonchev–Trinajstić information content (AvgIpc) is 2.96. The molecular formula is C37H56I2O. The lowest BCUT2D eigenvalue weighted by Gasteiger charge is -2.41. The monoisotopic (exact) mass is 770 g/mol. The summed E-state index contributed by atoms with van der Waals surface area (Å²) >= 11 is 4.97. The van der Waals surface area contributed by atoms with Crippen molar-refractivity contribution < 1.29 is 4.74 Å². The van der Waals surface area contributed by atoms with Gasteiger partial charge >= 0.3 is 0 Å². The lowest BCUT2D eigenvalue weighted by atomic mass is 9.66. The molecule has 0 amide bonds. The molecule has 2 aromatic rings. The molecule has 1 aliphatic rings. The molecule has 1 heterocycles. The second-order valence-corrected chi connectivity index (χ2v) is 14.6. The number of fused-ring (bicyclic) bond motifs is 2. The van der Waals surface area contributed by atoms with E-state index in [1.165, 1.54) is 160 Å². The van der Waals surface area contributed by atoms with Crippen LogP contribution in [0, 0.1) is 7.14 Å². The molecule has 2 aromatic carbocycles. The zero-order valence-electron chi connectivity index (χ0n) is 25.7. The van der Waals surface area contributed by atoms with Crippen LogP contribution in [-0.2, 0) is 5.41 Å². The Morgan fingerprint density at radius 3 is 1.15 bits per heavy atom. The van der Waals surface area contributed by atoms with Crippen LogP contribution in [0.1, 0.15) is 166 Å². The minimum absolute atomic E-state index is 0.0750. The van der Waals surface area contributed by atoms with Crippen LogP contribution < -0.4 is 4.74 Å². The van der Waals surface area contributed by atoms with Gasteiger partial charge in [-0.1, -0.05) is 167 Å². The molecular weight excluding hydrogens is 714 g/mol. The Bertz CT molecular complexity index is 891. The molecule has 0 saturated carbocycles. The van der Waals surface area contributed by atoms with Crippen LogP contribution in [0.15, 0.2) is 36.4 Å². The number of benzene rings is 2. The van der Waals surface area contributed by atoms with Crippen LogP contribution >= 0.6 is 45.2 Å². The maximum absolute atomic E-state index is 6.68. The predicted molar refractivity (Wildman–Crippen MR) is 192 cm³/mol. The van der Waals surface area contributed by atoms with E-state index in [1.54, 1.807) is 0 Å². The van der Waals surface area contributed by atoms with Gasteiger partial charge in [-0.3, -0.25) is 0 Å². The molecule has 1 nitrogen and oxygen atoms in total. The minimum Gasteiger partial charge on any atom is -0.454 e. The van der Waals surface area contributed by atoms with E-state index in [0.29, 0.717) is 0 Å². The standard InChI is InChI=1S/C37H56I2O/c1-3-5-7-9-11-13-15-17-19-21-29-37(30-22-20-18-16-14-12-10-8-6-4-2)31-25-23-27-33(38)35(31)40-36-32(37)26-24-28-34(36)39/h23-28H,3-22,29-30H2,1-2H3. The fourth-order valence-corrected chi connectivity index (χ4v) is 7.93. The first kappa shape index (κ1) is 34.2. The summed E-state index contributed by atoms with van der Waals surface area (Å²) in [5.74, 6) is 2.25. The highest BCUT2D eigenvalue weighted by atomic mass is 127. The van der Waals surface area contributed by atoms with Crippen molar-refractivity contribution in [2.24, 2.45) is 0 Å². The Kier molecular flexibility index (Phi) is 16.9. The van der Waals surface area contributed by atoms with Crippen LogP contribution in [-0.4, -0.2) is 0 Å². The third-order valence-electron chi connectivity index (χ3n) is 9.08. The van der Waals surface area contributed by atoms with Crippen LogP contribution in [0.4, 0.5) is 0 Å². The van der Waals surface area contributed by atoms with E-state index in [4.69, 9.17) is 4.74 Å². The average molecular weight is 771 g/mol. The first-order chi connectivity index (χ1) is 19.6. The third-order valence-corrected chi connectivity index (χ3v) is 10.8. The molecule has 0 fully saturated rings. The van der Waals surface area contributed by atoms with Crippen molar-refractivity contribution in [1.82, 2.24) is 0 Å². The highest BCUT2D eigenvalue weighted by Gasteiger charge is 2.42. The number of rotatable bonds is 22. The molecule has 40 heavy (non-hydrogen) atoms. The molecule has 224 valence electrons. The maximum atomic E-state index is 6.68. The van der Waals surface area contributed by atoms with E-state index >= 15 is 0 Å². The number of unbranched alkanes of at least 4 members (excludes halogenated alkanes) is 18. The van der Waals surface area contributed by atoms with Gasteiger partial charge in [0.15, 0.2) is 0 Å². The molecule has 0 aromatic heterocycles. The summed E-state index contributed by atoms with van der Waals surface area (Å²) in [6.45, 7) is 4.61. The quantitative estimate of drug-likeness (QED) is 0.0856. The van der Waals surface area contributed by atoms with Crippen LogP contribution in [0.25, 0.3) is 0 Å². The van der Waals surface area contributed by atoms with Crippen LogP contribution in [0.2, 0.25) is 0 Å². The van der Waals surface area contributed by atoms with E-state index in [1.807, 2.05) is 0 Å². The Balaban J connectivity index is 1.63. The molecule has 3 heteroatoms. The van der Waals surface area contributed by atoms with Crippen molar-refractivity contribution in [1.29, 1.82) is 0 Å². The number of ether oxygens (including phenoxy) is 1. The van der Waals surface area contributed by atoms with Gasteiger partial charge in [0.2, 0.25) is 0 Å².